The van der Waals surface area contributed by atoms with E-state index in [1.54, 1.807) is 7.11 Å². The van der Waals surface area contributed by atoms with E-state index < -0.39 is 0 Å². The van der Waals surface area contributed by atoms with Crippen LogP contribution in [0.1, 0.15) is 38.7 Å². The number of nitrogens with zero attached hydrogens (tertiary/aromatic N) is 2. The minimum absolute atomic E-state index is 0.271. The molecule has 0 bridgehead atoms. The van der Waals surface area contributed by atoms with Crippen LogP contribution < -0.4 is 4.74 Å². The Morgan fingerprint density at radius 3 is 2.42 bits per heavy atom. The lowest BCUT2D eigenvalue weighted by Gasteiger charge is -2.39. The molecule has 2 saturated heterocycles. The van der Waals surface area contributed by atoms with Gasteiger partial charge in [0, 0.05) is 55.7 Å². The van der Waals surface area contributed by atoms with Gasteiger partial charge in [0.25, 0.3) is 0 Å². The molecule has 1 N–H and O–H groups in total. The second-order valence-electron chi connectivity index (χ2n) is 10.6. The molecule has 192 valence electrons. The van der Waals surface area contributed by atoms with Crippen molar-refractivity contribution in [2.24, 2.45) is 5.92 Å². The smallest absolute Gasteiger partial charge is 0.222 e. The average Bonchev–Trinajstić information content (AvgIpc) is 3.25. The van der Waals surface area contributed by atoms with Crippen LogP contribution in [0.15, 0.2) is 48.5 Å². The number of nitrogens with one attached hydrogen (secondary N) is 1. The third-order valence-corrected chi connectivity index (χ3v) is 7.76. The van der Waals surface area contributed by atoms with Crippen molar-refractivity contribution < 1.29 is 14.3 Å². The molecular formula is C30H39N3O3. The number of carbonyl (C=O) groups excluding carboxylic acids is 1. The SMILES string of the molecule is COc1ccc(-c2[nH]c3ccccc3c2CCC(=O)N2CCC(CN3CC(C)OC(C)C3)CC2)cc1. The van der Waals surface area contributed by atoms with Gasteiger partial charge in [-0.2, -0.15) is 0 Å². The van der Waals surface area contributed by atoms with E-state index in [-0.39, 0.29) is 5.91 Å². The highest BCUT2D eigenvalue weighted by atomic mass is 16.5. The highest BCUT2D eigenvalue weighted by Gasteiger charge is 2.28. The first-order valence-corrected chi connectivity index (χ1v) is 13.4. The normalized spacial score (nSPS) is 21.7. The van der Waals surface area contributed by atoms with Crippen molar-refractivity contribution in [1.82, 2.24) is 14.8 Å². The molecule has 36 heavy (non-hydrogen) atoms. The number of hydrogen-bond donors (Lipinski definition) is 1. The first kappa shape index (κ1) is 24.8. The van der Waals surface area contributed by atoms with Crippen LogP contribution in [0.5, 0.6) is 5.75 Å². The van der Waals surface area contributed by atoms with Crippen molar-refractivity contribution in [2.45, 2.75) is 51.7 Å². The Kier molecular flexibility index (Phi) is 7.63. The summed E-state index contributed by atoms with van der Waals surface area (Å²) in [6.45, 7) is 9.24. The number of piperidine rings is 1. The van der Waals surface area contributed by atoms with Crippen LogP contribution in [0, 0.1) is 5.92 Å². The Morgan fingerprint density at radius 1 is 1.03 bits per heavy atom. The summed E-state index contributed by atoms with van der Waals surface area (Å²) < 4.78 is 11.2. The van der Waals surface area contributed by atoms with Crippen molar-refractivity contribution in [1.29, 1.82) is 0 Å². The molecule has 0 saturated carbocycles. The van der Waals surface area contributed by atoms with Gasteiger partial charge in [-0.25, -0.2) is 0 Å². The summed E-state index contributed by atoms with van der Waals surface area (Å²) in [6.07, 6.45) is 4.07. The molecule has 0 spiro atoms. The van der Waals surface area contributed by atoms with Crippen LogP contribution in [0.25, 0.3) is 22.2 Å². The minimum atomic E-state index is 0.271. The maximum absolute atomic E-state index is 13.2. The van der Waals surface area contributed by atoms with Crippen LogP contribution in [0.2, 0.25) is 0 Å². The van der Waals surface area contributed by atoms with Crippen LogP contribution >= 0.6 is 0 Å². The number of ether oxygens (including phenoxy) is 2. The quantitative estimate of drug-likeness (QED) is 0.500. The highest BCUT2D eigenvalue weighted by Crippen LogP contribution is 2.32. The molecule has 2 fully saturated rings. The van der Waals surface area contributed by atoms with Crippen molar-refractivity contribution in [3.05, 3.63) is 54.1 Å². The van der Waals surface area contributed by atoms with Crippen LogP contribution in [-0.4, -0.2) is 72.7 Å². The molecular weight excluding hydrogens is 450 g/mol. The molecule has 2 atom stereocenters. The summed E-state index contributed by atoms with van der Waals surface area (Å²) in [5.74, 6) is 1.78. The number of benzene rings is 2. The van der Waals surface area contributed by atoms with E-state index in [9.17, 15) is 4.79 Å². The zero-order valence-electron chi connectivity index (χ0n) is 21.8. The summed E-state index contributed by atoms with van der Waals surface area (Å²) in [6, 6.07) is 16.5. The van der Waals surface area contributed by atoms with Gasteiger partial charge in [0.15, 0.2) is 0 Å². The number of aromatic amines is 1. The first-order chi connectivity index (χ1) is 17.5. The number of aromatic nitrogens is 1. The van der Waals surface area contributed by atoms with Gasteiger partial charge in [-0.3, -0.25) is 9.69 Å². The number of methoxy groups -OCH3 is 1. The molecule has 2 unspecified atom stereocenters. The summed E-state index contributed by atoms with van der Waals surface area (Å²) in [4.78, 5) is 21.4. The van der Waals surface area contributed by atoms with E-state index in [1.165, 1.54) is 10.9 Å². The fourth-order valence-electron chi connectivity index (χ4n) is 6.02. The van der Waals surface area contributed by atoms with Crippen LogP contribution in [0.3, 0.4) is 0 Å². The predicted octanol–water partition coefficient (Wildman–Crippen LogP) is 5.12. The largest absolute Gasteiger partial charge is 0.497 e. The first-order valence-electron chi connectivity index (χ1n) is 13.4. The predicted molar refractivity (Wildman–Crippen MR) is 144 cm³/mol. The number of likely N-dealkylation sites (tertiary alicyclic amines) is 1. The second kappa shape index (κ2) is 11.1. The lowest BCUT2D eigenvalue weighted by atomic mass is 9.95. The molecule has 2 aliphatic heterocycles. The zero-order valence-corrected chi connectivity index (χ0v) is 21.8. The fraction of sp³-hybridized carbons (Fsp3) is 0.500. The Morgan fingerprint density at radius 2 is 1.72 bits per heavy atom. The summed E-state index contributed by atoms with van der Waals surface area (Å²) in [5, 5.41) is 1.20. The maximum atomic E-state index is 13.2. The van der Waals surface area contributed by atoms with E-state index in [4.69, 9.17) is 9.47 Å². The third kappa shape index (κ3) is 5.60. The third-order valence-electron chi connectivity index (χ3n) is 7.76. The Labute approximate surface area is 214 Å². The zero-order chi connectivity index (χ0) is 25.1. The van der Waals surface area contributed by atoms with Crippen molar-refractivity contribution in [3.63, 3.8) is 0 Å². The summed E-state index contributed by atoms with van der Waals surface area (Å²) in [5.41, 5.74) is 4.54. The van der Waals surface area contributed by atoms with Crippen molar-refractivity contribution in [3.8, 4) is 17.0 Å². The number of carbonyl (C=O) groups is 1. The molecule has 1 aromatic heterocycles. The number of morpholine rings is 1. The molecule has 2 aliphatic rings. The number of rotatable bonds is 7. The maximum Gasteiger partial charge on any atom is 0.222 e. The minimum Gasteiger partial charge on any atom is -0.497 e. The Hall–Kier alpha value is -2.83. The standard InChI is InChI=1S/C30H39N3O3/c1-21-18-32(19-22(2)36-21)20-23-14-16-33(17-15-23)29(34)13-12-27-26-6-4-5-7-28(26)31-30(27)24-8-10-25(35-3)11-9-24/h4-11,21-23,31H,12-20H2,1-3H3. The van der Waals surface area contributed by atoms with E-state index in [2.05, 4.69) is 59.0 Å². The number of para-hydroxylation sites is 1. The van der Waals surface area contributed by atoms with Gasteiger partial charge in [-0.15, -0.1) is 0 Å². The van der Waals surface area contributed by atoms with Gasteiger partial charge in [0.05, 0.1) is 19.3 Å². The average molecular weight is 490 g/mol. The number of amides is 1. The summed E-state index contributed by atoms with van der Waals surface area (Å²) >= 11 is 0. The molecule has 3 heterocycles. The Balaban J connectivity index is 1.20. The van der Waals surface area contributed by atoms with E-state index in [0.29, 0.717) is 24.5 Å². The van der Waals surface area contributed by atoms with Gasteiger partial charge in [-0.1, -0.05) is 18.2 Å². The molecule has 2 aromatic carbocycles. The number of aryl methyl sites for hydroxylation is 1. The van der Waals surface area contributed by atoms with E-state index in [1.807, 2.05) is 18.2 Å². The molecule has 6 nitrogen and oxygen atoms in total. The molecule has 0 aliphatic carbocycles. The van der Waals surface area contributed by atoms with Gasteiger partial charge in [-0.05, 0) is 80.5 Å². The Bertz CT molecular complexity index is 1150. The fourth-order valence-corrected chi connectivity index (χ4v) is 6.02. The highest BCUT2D eigenvalue weighted by molar-refractivity contribution is 5.91. The molecule has 6 heteroatoms. The van der Waals surface area contributed by atoms with Crippen molar-refractivity contribution in [2.75, 3.05) is 39.8 Å². The lowest BCUT2D eigenvalue weighted by Crippen LogP contribution is -2.48. The lowest BCUT2D eigenvalue weighted by molar-refractivity contribution is -0.132. The van der Waals surface area contributed by atoms with E-state index >= 15 is 0 Å². The number of H-pyrrole nitrogens is 1. The topological polar surface area (TPSA) is 57.8 Å². The van der Waals surface area contributed by atoms with Crippen molar-refractivity contribution >= 4 is 16.8 Å². The van der Waals surface area contributed by atoms with Crippen LogP contribution in [0.4, 0.5) is 0 Å². The number of hydrogen-bond acceptors (Lipinski definition) is 4. The summed E-state index contributed by atoms with van der Waals surface area (Å²) in [7, 11) is 1.68. The molecule has 1 amide bonds. The van der Waals surface area contributed by atoms with Gasteiger partial charge in [0.1, 0.15) is 5.75 Å². The monoisotopic (exact) mass is 489 g/mol. The number of fused-ring (bicyclic) bond motifs is 1. The van der Waals surface area contributed by atoms with Crippen LogP contribution in [-0.2, 0) is 16.0 Å². The second-order valence-corrected chi connectivity index (χ2v) is 10.6. The van der Waals surface area contributed by atoms with E-state index in [0.717, 1.165) is 74.5 Å². The molecule has 0 radical (unpaired) electrons. The van der Waals surface area contributed by atoms with Gasteiger partial charge in [0.2, 0.25) is 5.91 Å². The van der Waals surface area contributed by atoms with Gasteiger partial charge < -0.3 is 19.4 Å². The molecule has 3 aromatic rings. The van der Waals surface area contributed by atoms with Gasteiger partial charge >= 0.3 is 0 Å². The molecule has 5 rings (SSSR count).